The molecule has 1 aromatic carbocycles. The Morgan fingerprint density at radius 3 is 2.93 bits per heavy atom. The molecule has 0 bridgehead atoms. The van der Waals surface area contributed by atoms with Crippen LogP contribution in [0.2, 0.25) is 0 Å². The molecule has 3 aliphatic rings. The molecule has 0 amide bonds. The normalized spacial score (nSPS) is 34.7. The van der Waals surface area contributed by atoms with Crippen molar-refractivity contribution < 1.29 is 19.4 Å². The van der Waals surface area contributed by atoms with E-state index in [9.17, 15) is 9.90 Å². The molecule has 6 nitrogen and oxygen atoms in total. The summed E-state index contributed by atoms with van der Waals surface area (Å²) in [5.41, 5.74) is 2.19. The first-order chi connectivity index (χ1) is 13.6. The molecule has 0 aliphatic carbocycles. The van der Waals surface area contributed by atoms with Crippen molar-refractivity contribution in [2.45, 2.75) is 44.1 Å². The molecule has 5 rings (SSSR count). The van der Waals surface area contributed by atoms with E-state index in [0.717, 1.165) is 37.0 Å². The lowest BCUT2D eigenvalue weighted by atomic mass is 9.66. The molecule has 2 aromatic rings. The third-order valence-corrected chi connectivity index (χ3v) is 7.45. The number of fused-ring (bicyclic) bond motifs is 5. The van der Waals surface area contributed by atoms with Gasteiger partial charge in [0.1, 0.15) is 0 Å². The van der Waals surface area contributed by atoms with Crippen LogP contribution in [0.4, 0.5) is 0 Å². The number of esters is 1. The van der Waals surface area contributed by atoms with Crippen LogP contribution in [-0.4, -0.2) is 54.1 Å². The Hall–Kier alpha value is -1.89. The van der Waals surface area contributed by atoms with Crippen molar-refractivity contribution in [1.82, 2.24) is 9.47 Å². The first kappa shape index (κ1) is 18.2. The highest BCUT2D eigenvalue weighted by molar-refractivity contribution is 5.91. The Kier molecular flexibility index (Phi) is 4.09. The number of hydrogen-bond acceptors (Lipinski definition) is 5. The molecule has 0 saturated carbocycles. The predicted molar refractivity (Wildman–Crippen MR) is 105 cm³/mol. The lowest BCUT2D eigenvalue weighted by Crippen LogP contribution is -2.66. The van der Waals surface area contributed by atoms with Gasteiger partial charge in [0.25, 0.3) is 0 Å². The number of likely N-dealkylation sites (N-methyl/N-ethyl adjacent to an activating group) is 1. The van der Waals surface area contributed by atoms with Crippen LogP contribution >= 0.6 is 0 Å². The Bertz CT molecular complexity index is 938. The average Bonchev–Trinajstić information content (AvgIpc) is 3.06. The van der Waals surface area contributed by atoms with Gasteiger partial charge in [-0.2, -0.15) is 0 Å². The van der Waals surface area contributed by atoms with Crippen LogP contribution in [-0.2, 0) is 26.2 Å². The van der Waals surface area contributed by atoms with Crippen molar-refractivity contribution in [3.05, 3.63) is 35.5 Å². The second kappa shape index (κ2) is 6.31. The zero-order chi connectivity index (χ0) is 19.6. The summed E-state index contributed by atoms with van der Waals surface area (Å²) in [5, 5.41) is 12.3. The topological polar surface area (TPSA) is 63.9 Å². The quantitative estimate of drug-likeness (QED) is 0.806. The number of aromatic nitrogens is 1. The van der Waals surface area contributed by atoms with Gasteiger partial charge in [-0.15, -0.1) is 0 Å². The number of benzene rings is 1. The molecule has 0 radical (unpaired) electrons. The Morgan fingerprint density at radius 2 is 2.18 bits per heavy atom. The molecular formula is C22H28N2O4. The maximum Gasteiger partial charge on any atom is 0.337 e. The second-order valence-corrected chi connectivity index (χ2v) is 8.48. The zero-order valence-corrected chi connectivity index (χ0v) is 16.7. The lowest BCUT2D eigenvalue weighted by molar-refractivity contribution is -0.249. The minimum Gasteiger partial charge on any atom is -0.467 e. The summed E-state index contributed by atoms with van der Waals surface area (Å²) in [6.45, 7) is 3.60. The van der Waals surface area contributed by atoms with Crippen molar-refractivity contribution in [3.8, 4) is 0 Å². The van der Waals surface area contributed by atoms with Gasteiger partial charge in [-0.05, 0) is 37.4 Å². The third-order valence-electron chi connectivity index (χ3n) is 7.45. The fraction of sp³-hybridized carbons (Fsp3) is 0.591. The van der Waals surface area contributed by atoms with Crippen molar-refractivity contribution in [1.29, 1.82) is 0 Å². The van der Waals surface area contributed by atoms with Gasteiger partial charge < -0.3 is 19.1 Å². The lowest BCUT2D eigenvalue weighted by Gasteiger charge is -2.55. The van der Waals surface area contributed by atoms with Crippen LogP contribution in [0.1, 0.15) is 37.1 Å². The zero-order valence-electron chi connectivity index (χ0n) is 16.7. The van der Waals surface area contributed by atoms with Gasteiger partial charge >= 0.3 is 5.97 Å². The van der Waals surface area contributed by atoms with Crippen LogP contribution in [0, 0.1) is 11.8 Å². The Labute approximate surface area is 165 Å². The molecule has 5 atom stereocenters. The Morgan fingerprint density at radius 1 is 1.39 bits per heavy atom. The van der Waals surface area contributed by atoms with Crippen molar-refractivity contribution in [3.63, 3.8) is 0 Å². The maximum absolute atomic E-state index is 13.4. The molecular weight excluding hydrogens is 356 g/mol. The smallest absolute Gasteiger partial charge is 0.337 e. The van der Waals surface area contributed by atoms with Crippen molar-refractivity contribution in [2.75, 3.05) is 27.3 Å². The van der Waals surface area contributed by atoms with Gasteiger partial charge in [0.05, 0.1) is 19.8 Å². The molecule has 3 aliphatic heterocycles. The summed E-state index contributed by atoms with van der Waals surface area (Å²) >= 11 is 0. The summed E-state index contributed by atoms with van der Waals surface area (Å²) in [5.74, 6) is -0.260. The van der Waals surface area contributed by atoms with Gasteiger partial charge in [0, 0.05) is 29.1 Å². The number of nitrogens with zero attached hydrogens (tertiary/aromatic N) is 2. The highest BCUT2D eigenvalue weighted by atomic mass is 16.6. The van der Waals surface area contributed by atoms with Crippen LogP contribution < -0.4 is 0 Å². The molecule has 150 valence electrons. The van der Waals surface area contributed by atoms with Gasteiger partial charge in [-0.3, -0.25) is 4.90 Å². The minimum absolute atomic E-state index is 0.0459. The molecule has 1 saturated heterocycles. The van der Waals surface area contributed by atoms with E-state index in [4.69, 9.17) is 9.47 Å². The molecule has 6 heteroatoms. The fourth-order valence-electron chi connectivity index (χ4n) is 6.08. The molecule has 4 heterocycles. The van der Waals surface area contributed by atoms with E-state index >= 15 is 0 Å². The van der Waals surface area contributed by atoms with Gasteiger partial charge in [-0.1, -0.05) is 31.5 Å². The van der Waals surface area contributed by atoms with Crippen molar-refractivity contribution in [2.24, 2.45) is 11.8 Å². The third kappa shape index (κ3) is 2.06. The largest absolute Gasteiger partial charge is 0.467 e. The highest BCUT2D eigenvalue weighted by Gasteiger charge is 2.64. The standard InChI is InChI=1S/C22H28N2O4/c1-4-13-12-28-21(26)22(20(25)27-3)16(13)11-18-19-15(9-10-23(18)2)14-7-5-6-8-17(14)24(19)22/h5-8,13,16,18,21,26H,4,9-12H2,1-3H3. The molecule has 1 fully saturated rings. The summed E-state index contributed by atoms with van der Waals surface area (Å²) in [7, 11) is 3.57. The number of rotatable bonds is 2. The summed E-state index contributed by atoms with van der Waals surface area (Å²) in [6, 6.07) is 8.46. The number of aliphatic hydroxyl groups excluding tert-OH is 1. The Balaban J connectivity index is 1.90. The van der Waals surface area contributed by atoms with E-state index in [1.54, 1.807) is 0 Å². The number of ether oxygens (including phenoxy) is 2. The van der Waals surface area contributed by atoms with E-state index in [1.807, 2.05) is 12.1 Å². The van der Waals surface area contributed by atoms with Gasteiger partial charge in [-0.25, -0.2) is 4.79 Å². The monoisotopic (exact) mass is 384 g/mol. The van der Waals surface area contributed by atoms with Gasteiger partial charge in [0.15, 0.2) is 11.8 Å². The summed E-state index contributed by atoms with van der Waals surface area (Å²) in [6.07, 6.45) is 1.44. The molecule has 5 unspecified atom stereocenters. The number of hydrogen-bond donors (Lipinski definition) is 1. The molecule has 1 aromatic heterocycles. The number of para-hydroxylation sites is 1. The highest BCUT2D eigenvalue weighted by Crippen LogP contribution is 2.56. The van der Waals surface area contributed by atoms with E-state index < -0.39 is 17.8 Å². The fourth-order valence-corrected chi connectivity index (χ4v) is 6.08. The second-order valence-electron chi connectivity index (χ2n) is 8.48. The van der Waals surface area contributed by atoms with E-state index in [-0.39, 0.29) is 17.9 Å². The van der Waals surface area contributed by atoms with E-state index in [0.29, 0.717) is 6.61 Å². The molecule has 1 N–H and O–H groups in total. The summed E-state index contributed by atoms with van der Waals surface area (Å²) in [4.78, 5) is 15.8. The molecule has 28 heavy (non-hydrogen) atoms. The minimum atomic E-state index is -1.24. The number of methoxy groups -OCH3 is 1. The summed E-state index contributed by atoms with van der Waals surface area (Å²) < 4.78 is 13.3. The predicted octanol–water partition coefficient (Wildman–Crippen LogP) is 2.43. The number of carbonyl (C=O) groups excluding carboxylic acids is 1. The van der Waals surface area contributed by atoms with Crippen LogP contribution in [0.3, 0.4) is 0 Å². The van der Waals surface area contributed by atoms with Crippen LogP contribution in [0.25, 0.3) is 10.9 Å². The van der Waals surface area contributed by atoms with Crippen LogP contribution in [0.15, 0.2) is 24.3 Å². The maximum atomic E-state index is 13.4. The van der Waals surface area contributed by atoms with E-state index in [1.165, 1.54) is 18.1 Å². The molecule has 0 spiro atoms. The number of aliphatic hydroxyl groups is 1. The SMILES string of the molecule is CCC1COC(O)C2(C(=O)OC)C1CC1c3c(c4ccccc4n32)CCN1C. The van der Waals surface area contributed by atoms with Crippen molar-refractivity contribution >= 4 is 16.9 Å². The average molecular weight is 384 g/mol. The van der Waals surface area contributed by atoms with Crippen LogP contribution in [0.5, 0.6) is 0 Å². The van der Waals surface area contributed by atoms with Gasteiger partial charge in [0.2, 0.25) is 0 Å². The van der Waals surface area contributed by atoms with E-state index in [2.05, 4.69) is 35.6 Å². The first-order valence-electron chi connectivity index (χ1n) is 10.3. The first-order valence-corrected chi connectivity index (χ1v) is 10.3. The number of carbonyl (C=O) groups is 1.